The number of nitrogens with one attached hydrogen (secondary N) is 2. The van der Waals surface area contributed by atoms with Gasteiger partial charge in [0.2, 0.25) is 5.91 Å². The van der Waals surface area contributed by atoms with Gasteiger partial charge in [0.05, 0.1) is 6.54 Å². The van der Waals surface area contributed by atoms with Gasteiger partial charge in [-0.15, -0.1) is 0 Å². The largest absolute Gasteiger partial charge is 0.345 e. The molecular weight excluding hydrogens is 220 g/mol. The highest BCUT2D eigenvalue weighted by Crippen LogP contribution is 2.01. The fourth-order valence-electron chi connectivity index (χ4n) is 1.32. The molecule has 0 atom stereocenters. The molecule has 2 heterocycles. The Bertz CT molecular complexity index is 672. The van der Waals surface area contributed by atoms with E-state index in [1.54, 1.807) is 12.3 Å². The number of aromatic nitrogens is 3. The fraction of sp³-hybridized carbons (Fsp3) is 0.182. The van der Waals surface area contributed by atoms with Gasteiger partial charge in [-0.1, -0.05) is 11.8 Å². The molecule has 17 heavy (non-hydrogen) atoms. The van der Waals surface area contributed by atoms with E-state index in [2.05, 4.69) is 27.2 Å². The van der Waals surface area contributed by atoms with Crippen LogP contribution in [0.3, 0.4) is 0 Å². The van der Waals surface area contributed by atoms with E-state index < -0.39 is 0 Å². The van der Waals surface area contributed by atoms with E-state index >= 15 is 0 Å². The topological polar surface area (TPSA) is 79.3 Å². The average Bonchev–Trinajstić information content (AvgIpc) is 2.69. The minimum atomic E-state index is -0.213. The molecule has 2 rings (SSSR count). The van der Waals surface area contributed by atoms with E-state index in [-0.39, 0.29) is 18.0 Å². The van der Waals surface area contributed by atoms with Crippen LogP contribution in [0.25, 0.3) is 5.52 Å². The number of carbonyl (C=O) groups is 1. The third kappa shape index (κ3) is 2.52. The molecule has 0 spiro atoms. The molecule has 0 saturated carbocycles. The van der Waals surface area contributed by atoms with Crippen LogP contribution < -0.4 is 10.9 Å². The molecule has 0 bridgehead atoms. The van der Waals surface area contributed by atoms with Gasteiger partial charge in [0.1, 0.15) is 11.8 Å². The van der Waals surface area contributed by atoms with E-state index in [9.17, 15) is 9.59 Å². The quantitative estimate of drug-likeness (QED) is 0.649. The summed E-state index contributed by atoms with van der Waals surface area (Å²) in [6, 6.07) is 1.65. The second kappa shape index (κ2) is 4.53. The summed E-state index contributed by atoms with van der Waals surface area (Å²) >= 11 is 0. The fourth-order valence-corrected chi connectivity index (χ4v) is 1.32. The van der Waals surface area contributed by atoms with Crippen molar-refractivity contribution in [1.82, 2.24) is 19.9 Å². The molecule has 2 aromatic heterocycles. The van der Waals surface area contributed by atoms with Gasteiger partial charge in [0.25, 0.3) is 5.56 Å². The van der Waals surface area contributed by atoms with Crippen LogP contribution in [0, 0.1) is 11.8 Å². The first kappa shape index (κ1) is 11.0. The first-order valence-corrected chi connectivity index (χ1v) is 4.96. The van der Waals surface area contributed by atoms with Gasteiger partial charge >= 0.3 is 0 Å². The van der Waals surface area contributed by atoms with Gasteiger partial charge in [0.15, 0.2) is 0 Å². The van der Waals surface area contributed by atoms with Crippen molar-refractivity contribution in [2.24, 2.45) is 0 Å². The molecule has 0 aliphatic heterocycles. The van der Waals surface area contributed by atoms with Crippen molar-refractivity contribution in [3.8, 4) is 11.8 Å². The lowest BCUT2D eigenvalue weighted by Crippen LogP contribution is -2.19. The monoisotopic (exact) mass is 230 g/mol. The summed E-state index contributed by atoms with van der Waals surface area (Å²) in [4.78, 5) is 24.5. The van der Waals surface area contributed by atoms with Crippen molar-refractivity contribution in [3.63, 3.8) is 0 Å². The molecule has 2 aromatic rings. The molecule has 0 aromatic carbocycles. The Labute approximate surface area is 96.7 Å². The van der Waals surface area contributed by atoms with E-state index in [4.69, 9.17) is 0 Å². The van der Waals surface area contributed by atoms with Crippen molar-refractivity contribution in [2.75, 3.05) is 6.54 Å². The van der Waals surface area contributed by atoms with Gasteiger partial charge < -0.3 is 10.3 Å². The number of hydrogen-bond acceptors (Lipinski definition) is 3. The third-order valence-electron chi connectivity index (χ3n) is 2.07. The number of nitrogens with zero attached hydrogens (tertiary/aromatic N) is 2. The molecule has 6 nitrogen and oxygen atoms in total. The summed E-state index contributed by atoms with van der Waals surface area (Å²) in [7, 11) is 0. The van der Waals surface area contributed by atoms with Crippen molar-refractivity contribution in [3.05, 3.63) is 34.5 Å². The number of fused-ring (bicyclic) bond motifs is 1. The minimum Gasteiger partial charge on any atom is -0.345 e. The zero-order valence-corrected chi connectivity index (χ0v) is 9.15. The number of carbonyl (C=O) groups excluding carboxylic acids is 1. The normalized spacial score (nSPS) is 9.71. The number of rotatable bonds is 1. The lowest BCUT2D eigenvalue weighted by Gasteiger charge is -1.90. The Morgan fingerprint density at radius 2 is 2.47 bits per heavy atom. The Kier molecular flexibility index (Phi) is 2.92. The van der Waals surface area contributed by atoms with Crippen molar-refractivity contribution < 1.29 is 4.79 Å². The van der Waals surface area contributed by atoms with Crippen LogP contribution in [0.5, 0.6) is 0 Å². The summed E-state index contributed by atoms with van der Waals surface area (Å²) in [5.74, 6) is 5.49. The standard InChI is InChI=1S/C11H10N4O2/c1-8(16)12-4-2-3-9-5-10-11(17)13-7-14-15(10)6-9/h5-7H,4H2,1H3,(H,12,16)(H,13,14,17). The highest BCUT2D eigenvalue weighted by atomic mass is 16.1. The van der Waals surface area contributed by atoms with Crippen LogP contribution in [0.1, 0.15) is 12.5 Å². The van der Waals surface area contributed by atoms with E-state index in [0.717, 1.165) is 0 Å². The number of H-pyrrole nitrogens is 1. The van der Waals surface area contributed by atoms with Crippen LogP contribution in [-0.2, 0) is 4.79 Å². The Morgan fingerprint density at radius 3 is 3.18 bits per heavy atom. The third-order valence-corrected chi connectivity index (χ3v) is 2.07. The van der Waals surface area contributed by atoms with Gasteiger partial charge in [-0.2, -0.15) is 5.10 Å². The van der Waals surface area contributed by atoms with Gasteiger partial charge in [-0.05, 0) is 6.07 Å². The van der Waals surface area contributed by atoms with Crippen LogP contribution in [-0.4, -0.2) is 27.0 Å². The van der Waals surface area contributed by atoms with Crippen molar-refractivity contribution >= 4 is 11.4 Å². The predicted molar refractivity (Wildman–Crippen MR) is 61.4 cm³/mol. The molecule has 6 heteroatoms. The highest BCUT2D eigenvalue weighted by Gasteiger charge is 2.00. The van der Waals surface area contributed by atoms with Crippen LogP contribution >= 0.6 is 0 Å². The van der Waals surface area contributed by atoms with Crippen molar-refractivity contribution in [2.45, 2.75) is 6.92 Å². The minimum absolute atomic E-state index is 0.126. The first-order valence-electron chi connectivity index (χ1n) is 4.96. The molecule has 0 aliphatic carbocycles. The molecular formula is C11H10N4O2. The lowest BCUT2D eigenvalue weighted by atomic mass is 10.3. The smallest absolute Gasteiger partial charge is 0.275 e. The predicted octanol–water partition coefficient (Wildman–Crippen LogP) is -0.490. The maximum absolute atomic E-state index is 11.4. The maximum Gasteiger partial charge on any atom is 0.275 e. The van der Waals surface area contributed by atoms with E-state index in [0.29, 0.717) is 11.1 Å². The molecule has 0 fully saturated rings. The Hall–Kier alpha value is -2.55. The molecule has 0 radical (unpaired) electrons. The van der Waals surface area contributed by atoms with Crippen LogP contribution in [0.15, 0.2) is 23.4 Å². The summed E-state index contributed by atoms with van der Waals surface area (Å²) in [5, 5.41) is 6.50. The van der Waals surface area contributed by atoms with Crippen LogP contribution in [0.2, 0.25) is 0 Å². The van der Waals surface area contributed by atoms with Gasteiger partial charge in [0, 0.05) is 18.7 Å². The zero-order valence-electron chi connectivity index (χ0n) is 9.15. The average molecular weight is 230 g/mol. The zero-order chi connectivity index (χ0) is 12.3. The highest BCUT2D eigenvalue weighted by molar-refractivity contribution is 5.73. The van der Waals surface area contributed by atoms with E-state index in [1.807, 2.05) is 0 Å². The van der Waals surface area contributed by atoms with Crippen molar-refractivity contribution in [1.29, 1.82) is 0 Å². The van der Waals surface area contributed by atoms with Crippen LogP contribution in [0.4, 0.5) is 0 Å². The summed E-state index contributed by atoms with van der Waals surface area (Å²) in [6.07, 6.45) is 2.98. The molecule has 0 unspecified atom stereocenters. The first-order chi connectivity index (χ1) is 8.16. The van der Waals surface area contributed by atoms with Gasteiger partial charge in [-0.3, -0.25) is 9.59 Å². The van der Waals surface area contributed by atoms with E-state index in [1.165, 1.54) is 17.8 Å². The SMILES string of the molecule is CC(=O)NCC#Cc1cc2c(=O)[nH]cnn2c1. The lowest BCUT2D eigenvalue weighted by molar-refractivity contribution is -0.118. The second-order valence-electron chi connectivity index (χ2n) is 3.39. The Morgan fingerprint density at radius 1 is 1.65 bits per heavy atom. The molecule has 86 valence electrons. The molecule has 1 amide bonds. The maximum atomic E-state index is 11.4. The summed E-state index contributed by atoms with van der Waals surface area (Å²) in [6.45, 7) is 1.71. The number of amides is 1. The molecule has 2 N–H and O–H groups in total. The molecule has 0 aliphatic rings. The summed E-state index contributed by atoms with van der Waals surface area (Å²) in [5.41, 5.74) is 0.908. The second-order valence-corrected chi connectivity index (χ2v) is 3.39. The molecule has 0 saturated heterocycles. The number of aromatic amines is 1. The Balaban J connectivity index is 2.23. The van der Waals surface area contributed by atoms with Gasteiger partial charge in [-0.25, -0.2) is 4.52 Å². The number of hydrogen-bond donors (Lipinski definition) is 2. The summed E-state index contributed by atoms with van der Waals surface area (Å²) < 4.78 is 1.46.